The number of carbonyl (C=O) groups excluding carboxylic acids is 2. The fourth-order valence-electron chi connectivity index (χ4n) is 4.71. The van der Waals surface area contributed by atoms with E-state index in [2.05, 4.69) is 20.8 Å². The number of imide groups is 1. The lowest BCUT2D eigenvalue weighted by molar-refractivity contribution is -0.975. The molecule has 5 heterocycles. The van der Waals surface area contributed by atoms with Crippen molar-refractivity contribution in [3.8, 4) is 0 Å². The van der Waals surface area contributed by atoms with Crippen LogP contribution in [0.5, 0.6) is 0 Å². The maximum atomic E-state index is 12.4. The summed E-state index contributed by atoms with van der Waals surface area (Å²) in [5.74, 6) is -0.365. The molecule has 1 aromatic rings. The van der Waals surface area contributed by atoms with Crippen molar-refractivity contribution in [3.05, 3.63) is 47.5 Å². The van der Waals surface area contributed by atoms with Crippen LogP contribution in [0.1, 0.15) is 20.7 Å². The minimum atomic E-state index is -0.183. The van der Waals surface area contributed by atoms with Gasteiger partial charge in [-0.3, -0.25) is 19.0 Å². The van der Waals surface area contributed by atoms with E-state index in [-0.39, 0.29) is 11.8 Å². The number of rotatable bonds is 4. The molecule has 4 bridgehead atoms. The Balaban J connectivity index is 1.24. The summed E-state index contributed by atoms with van der Waals surface area (Å²) in [5, 5.41) is 0. The lowest BCUT2D eigenvalue weighted by Gasteiger charge is -2.60. The fraction of sp³-hybridized carbons (Fsp3) is 0.444. The summed E-state index contributed by atoms with van der Waals surface area (Å²) in [6.07, 6.45) is 4.11. The van der Waals surface area contributed by atoms with E-state index in [9.17, 15) is 9.59 Å². The number of nitrogens with zero attached hydrogens (tertiary/aromatic N) is 5. The number of hydrogen-bond donors (Lipinski definition) is 0. The van der Waals surface area contributed by atoms with Crippen LogP contribution in [-0.4, -0.2) is 89.0 Å². The van der Waals surface area contributed by atoms with Crippen LogP contribution in [0.4, 0.5) is 0 Å². The molecule has 4 saturated heterocycles. The molecule has 4 fully saturated rings. The minimum absolute atomic E-state index is 0.183. The van der Waals surface area contributed by atoms with Gasteiger partial charge in [-0.1, -0.05) is 18.2 Å². The first-order valence-electron chi connectivity index (χ1n) is 8.76. The van der Waals surface area contributed by atoms with Crippen LogP contribution >= 0.6 is 0 Å². The number of hydrogen-bond acceptors (Lipinski definition) is 5. The van der Waals surface area contributed by atoms with E-state index in [4.69, 9.17) is 0 Å². The molecule has 1 aromatic carbocycles. The third-order valence-corrected chi connectivity index (χ3v) is 5.53. The number of carbonyl (C=O) groups is 2. The molecule has 0 unspecified atom stereocenters. The lowest BCUT2D eigenvalue weighted by Crippen LogP contribution is -2.79. The summed E-state index contributed by atoms with van der Waals surface area (Å²) in [6.45, 7) is 7.79. The molecule has 0 atom stereocenters. The molecule has 130 valence electrons. The molecule has 0 saturated carbocycles. The Kier molecular flexibility index (Phi) is 3.33. The first-order chi connectivity index (χ1) is 12.1. The van der Waals surface area contributed by atoms with Crippen LogP contribution in [0.25, 0.3) is 0 Å². The largest absolute Gasteiger partial charge is 0.283 e. The predicted octanol–water partition coefficient (Wildman–Crippen LogP) is 0.347. The van der Waals surface area contributed by atoms with Crippen molar-refractivity contribution in [3.63, 3.8) is 0 Å². The van der Waals surface area contributed by atoms with Gasteiger partial charge in [0, 0.05) is 6.54 Å². The van der Waals surface area contributed by atoms with Crippen molar-refractivity contribution in [1.82, 2.24) is 19.6 Å². The summed E-state index contributed by atoms with van der Waals surface area (Å²) in [7, 11) is 0. The highest BCUT2D eigenvalue weighted by Crippen LogP contribution is 2.28. The zero-order valence-corrected chi connectivity index (χ0v) is 14.2. The molecule has 5 aliphatic heterocycles. The zero-order chi connectivity index (χ0) is 17.0. The summed E-state index contributed by atoms with van der Waals surface area (Å²) >= 11 is 0. The third kappa shape index (κ3) is 2.43. The molecular weight excluding hydrogens is 318 g/mol. The first kappa shape index (κ1) is 15.2. The van der Waals surface area contributed by atoms with Crippen LogP contribution < -0.4 is 0 Å². The maximum absolute atomic E-state index is 12.4. The van der Waals surface area contributed by atoms with Gasteiger partial charge in [0.2, 0.25) is 0 Å². The van der Waals surface area contributed by atoms with Crippen molar-refractivity contribution in [2.45, 2.75) is 0 Å². The van der Waals surface area contributed by atoms with Crippen molar-refractivity contribution >= 4 is 11.8 Å². The Morgan fingerprint density at radius 3 is 1.88 bits per heavy atom. The van der Waals surface area contributed by atoms with Gasteiger partial charge in [0.1, 0.15) is 26.6 Å². The van der Waals surface area contributed by atoms with E-state index < -0.39 is 0 Å². The Labute approximate surface area is 146 Å². The van der Waals surface area contributed by atoms with Crippen LogP contribution in [0.2, 0.25) is 0 Å². The van der Waals surface area contributed by atoms with Crippen LogP contribution in [0.3, 0.4) is 0 Å². The maximum Gasteiger partial charge on any atom is 0.261 e. The van der Waals surface area contributed by atoms with E-state index >= 15 is 0 Å². The summed E-state index contributed by atoms with van der Waals surface area (Å²) < 4.78 is 1.03. The van der Waals surface area contributed by atoms with Crippen molar-refractivity contribution < 1.29 is 14.1 Å². The SMILES string of the molecule is O=C1c2ccccc2C(=O)N1CC=CC[N+]12CN3CN(CN(C3)C1)C2. The molecule has 0 aromatic heterocycles. The van der Waals surface area contributed by atoms with E-state index in [1.807, 2.05) is 6.08 Å². The average Bonchev–Trinajstić information content (AvgIpc) is 2.82. The smallest absolute Gasteiger partial charge is 0.261 e. The third-order valence-electron chi connectivity index (χ3n) is 5.53. The van der Waals surface area contributed by atoms with Gasteiger partial charge in [-0.15, -0.1) is 0 Å². The first-order valence-corrected chi connectivity index (χ1v) is 8.76. The van der Waals surface area contributed by atoms with Gasteiger partial charge in [-0.2, -0.15) is 0 Å². The second-order valence-electron chi connectivity index (χ2n) is 7.62. The normalized spacial score (nSPS) is 35.8. The van der Waals surface area contributed by atoms with E-state index in [1.165, 1.54) is 4.90 Å². The molecule has 7 nitrogen and oxygen atoms in total. The van der Waals surface area contributed by atoms with Gasteiger partial charge >= 0.3 is 0 Å². The molecule has 7 heteroatoms. The topological polar surface area (TPSA) is 47.1 Å². The van der Waals surface area contributed by atoms with Crippen LogP contribution in [-0.2, 0) is 0 Å². The summed E-state index contributed by atoms with van der Waals surface area (Å²) in [6, 6.07) is 7.05. The van der Waals surface area contributed by atoms with Crippen molar-refractivity contribution in [1.29, 1.82) is 0 Å². The average molecular weight is 340 g/mol. The second kappa shape index (κ2) is 5.47. The Morgan fingerprint density at radius 1 is 0.840 bits per heavy atom. The van der Waals surface area contributed by atoms with Gasteiger partial charge in [-0.05, 0) is 18.2 Å². The number of fused-ring (bicyclic) bond motifs is 1. The highest BCUT2D eigenvalue weighted by molar-refractivity contribution is 6.21. The Hall–Kier alpha value is -2.06. The van der Waals surface area contributed by atoms with Crippen molar-refractivity contribution in [2.75, 3.05) is 53.1 Å². The molecule has 5 aliphatic rings. The number of amides is 2. The zero-order valence-electron chi connectivity index (χ0n) is 14.2. The molecule has 6 rings (SSSR count). The highest BCUT2D eigenvalue weighted by atomic mass is 16.2. The van der Waals surface area contributed by atoms with Gasteiger partial charge < -0.3 is 0 Å². The van der Waals surface area contributed by atoms with Crippen LogP contribution in [0.15, 0.2) is 36.4 Å². The standard InChI is InChI=1S/C18H22N5O2/c24-17-15-5-1-2-6-16(15)18(25)22(17)7-3-4-8-23-12-19-9-20(13-23)11-21(10-19)14-23/h1-6H,7-14H2/q+1. The molecule has 2 amide bonds. The van der Waals surface area contributed by atoms with E-state index in [0.717, 1.165) is 51.0 Å². The Bertz CT molecular complexity index is 704. The molecular formula is C18H22N5O2+. The van der Waals surface area contributed by atoms with Crippen LogP contribution in [0, 0.1) is 0 Å². The number of benzene rings is 1. The monoisotopic (exact) mass is 340 g/mol. The van der Waals surface area contributed by atoms with Gasteiger partial charge in [0.05, 0.1) is 31.1 Å². The van der Waals surface area contributed by atoms with Gasteiger partial charge in [-0.25, -0.2) is 14.7 Å². The molecule has 0 spiro atoms. The van der Waals surface area contributed by atoms with E-state index in [1.54, 1.807) is 24.3 Å². The quantitative estimate of drug-likeness (QED) is 0.450. The summed E-state index contributed by atoms with van der Waals surface area (Å²) in [5.41, 5.74) is 1.04. The van der Waals surface area contributed by atoms with E-state index in [0.29, 0.717) is 17.7 Å². The van der Waals surface area contributed by atoms with Gasteiger partial charge in [0.15, 0.2) is 0 Å². The molecule has 0 radical (unpaired) electrons. The lowest BCUT2D eigenvalue weighted by atomic mass is 10.1. The Morgan fingerprint density at radius 2 is 1.36 bits per heavy atom. The number of quaternary nitrogens is 1. The molecule has 0 aliphatic carbocycles. The van der Waals surface area contributed by atoms with Crippen molar-refractivity contribution in [2.24, 2.45) is 0 Å². The molecule has 0 N–H and O–H groups in total. The summed E-state index contributed by atoms with van der Waals surface area (Å²) in [4.78, 5) is 33.5. The minimum Gasteiger partial charge on any atom is -0.283 e. The second-order valence-corrected chi connectivity index (χ2v) is 7.62. The fourth-order valence-corrected chi connectivity index (χ4v) is 4.71. The van der Waals surface area contributed by atoms with Gasteiger partial charge in [0.25, 0.3) is 11.8 Å². The predicted molar refractivity (Wildman–Crippen MR) is 90.8 cm³/mol. The molecule has 25 heavy (non-hydrogen) atoms. The highest BCUT2D eigenvalue weighted by Gasteiger charge is 2.47.